The number of unbranched alkanes of at least 4 members (excludes halogenated alkanes) is 1. The van der Waals surface area contributed by atoms with Crippen molar-refractivity contribution >= 4 is 17.2 Å². The van der Waals surface area contributed by atoms with E-state index in [4.69, 9.17) is 9.26 Å². The van der Waals surface area contributed by atoms with Crippen molar-refractivity contribution in [2.24, 2.45) is 0 Å². The molecule has 0 N–H and O–H groups in total. The van der Waals surface area contributed by atoms with Gasteiger partial charge in [-0.2, -0.15) is 0 Å². The van der Waals surface area contributed by atoms with Crippen LogP contribution in [0.4, 0.5) is 0 Å². The molecule has 6 nitrogen and oxygen atoms in total. The number of hydrogen-bond donors (Lipinski definition) is 0. The molecule has 2 aromatic rings. The fourth-order valence-corrected chi connectivity index (χ4v) is 1.45. The van der Waals surface area contributed by atoms with Crippen LogP contribution in [0.1, 0.15) is 42.9 Å². The van der Waals surface area contributed by atoms with Gasteiger partial charge in [-0.1, -0.05) is 25.4 Å². The number of carbonyl (C=O) groups excluding carboxylic acids is 1. The number of fused-ring (bicyclic) bond motifs is 1. The largest absolute Gasteiger partial charge is 0.461 e. The van der Waals surface area contributed by atoms with Crippen molar-refractivity contribution in [2.75, 3.05) is 6.61 Å². The van der Waals surface area contributed by atoms with E-state index >= 15 is 0 Å². The van der Waals surface area contributed by atoms with Crippen LogP contribution < -0.4 is 0 Å². The van der Waals surface area contributed by atoms with Gasteiger partial charge < -0.3 is 9.26 Å². The van der Waals surface area contributed by atoms with Gasteiger partial charge in [0.05, 0.1) is 18.5 Å². The Hall–Kier alpha value is -1.98. The molecule has 0 amide bonds. The Morgan fingerprint density at radius 2 is 2.28 bits per heavy atom. The molecule has 18 heavy (non-hydrogen) atoms. The lowest BCUT2D eigenvalue weighted by Gasteiger charge is -2.00. The first kappa shape index (κ1) is 12.5. The average Bonchev–Trinajstić information content (AvgIpc) is 2.81. The third-order valence-corrected chi connectivity index (χ3v) is 2.52. The molecule has 6 heteroatoms. The Balaban J connectivity index is 2.24. The van der Waals surface area contributed by atoms with Crippen LogP contribution in [-0.4, -0.2) is 27.7 Å². The van der Waals surface area contributed by atoms with Crippen molar-refractivity contribution in [3.63, 3.8) is 0 Å². The van der Waals surface area contributed by atoms with Gasteiger partial charge in [-0.25, -0.2) is 14.8 Å². The summed E-state index contributed by atoms with van der Waals surface area (Å²) in [5.74, 6) is -0.509. The van der Waals surface area contributed by atoms with Crippen LogP contribution >= 0.6 is 0 Å². The van der Waals surface area contributed by atoms with Crippen molar-refractivity contribution in [1.29, 1.82) is 0 Å². The zero-order chi connectivity index (χ0) is 13.0. The number of aromatic nitrogens is 3. The molecule has 2 rings (SSSR count). The molecule has 0 atom stereocenters. The molecule has 0 fully saturated rings. The van der Waals surface area contributed by atoms with Crippen LogP contribution in [0, 0.1) is 0 Å². The van der Waals surface area contributed by atoms with Gasteiger partial charge in [0, 0.05) is 0 Å². The van der Waals surface area contributed by atoms with E-state index in [1.54, 1.807) is 6.20 Å². The highest BCUT2D eigenvalue weighted by atomic mass is 16.5. The van der Waals surface area contributed by atoms with Gasteiger partial charge in [0.25, 0.3) is 5.71 Å². The maximum Gasteiger partial charge on any atom is 0.362 e. The molecule has 0 aliphatic heterocycles. The second-order valence-electron chi connectivity index (χ2n) is 3.89. The van der Waals surface area contributed by atoms with Crippen molar-refractivity contribution in [2.45, 2.75) is 33.1 Å². The van der Waals surface area contributed by atoms with E-state index in [0.29, 0.717) is 12.1 Å². The molecule has 0 unspecified atom stereocenters. The molecule has 0 radical (unpaired) electrons. The molecule has 0 aliphatic carbocycles. The Morgan fingerprint density at radius 1 is 1.44 bits per heavy atom. The highest BCUT2D eigenvalue weighted by Crippen LogP contribution is 2.15. The Labute approximate surface area is 104 Å². The number of aryl methyl sites for hydroxylation is 1. The fraction of sp³-hybridized carbons (Fsp3) is 0.500. The standard InChI is InChI=1S/C12H15N3O3/c1-3-5-6-17-12(16)10-9-11(18-15-10)13-7-8(4-2)14-9/h7H,3-6H2,1-2H3. The van der Waals surface area contributed by atoms with Crippen molar-refractivity contribution < 1.29 is 14.1 Å². The highest BCUT2D eigenvalue weighted by Gasteiger charge is 2.19. The second kappa shape index (κ2) is 5.57. The molecule has 0 saturated carbocycles. The summed E-state index contributed by atoms with van der Waals surface area (Å²) in [4.78, 5) is 20.1. The minimum atomic E-state index is -0.509. The lowest BCUT2D eigenvalue weighted by Crippen LogP contribution is -2.07. The summed E-state index contributed by atoms with van der Waals surface area (Å²) >= 11 is 0. The summed E-state index contributed by atoms with van der Waals surface area (Å²) in [7, 11) is 0. The van der Waals surface area contributed by atoms with Gasteiger partial charge in [0.1, 0.15) is 0 Å². The molecule has 2 aromatic heterocycles. The molecule has 0 saturated heterocycles. The van der Waals surface area contributed by atoms with E-state index in [-0.39, 0.29) is 11.4 Å². The summed E-state index contributed by atoms with van der Waals surface area (Å²) < 4.78 is 10.0. The normalized spacial score (nSPS) is 10.8. The summed E-state index contributed by atoms with van der Waals surface area (Å²) in [5.41, 5.74) is 1.52. The number of carbonyl (C=O) groups is 1. The van der Waals surface area contributed by atoms with E-state index in [2.05, 4.69) is 15.1 Å². The SMILES string of the molecule is CCCCOC(=O)c1noc2ncc(CC)nc12. The first-order chi connectivity index (χ1) is 8.76. The number of rotatable bonds is 5. The summed E-state index contributed by atoms with van der Waals surface area (Å²) in [6, 6.07) is 0. The van der Waals surface area contributed by atoms with E-state index in [1.165, 1.54) is 0 Å². The molecule has 0 bridgehead atoms. The van der Waals surface area contributed by atoms with Gasteiger partial charge in [-0.3, -0.25) is 0 Å². The summed E-state index contributed by atoms with van der Waals surface area (Å²) in [6.07, 6.45) is 4.14. The molecule has 2 heterocycles. The maximum atomic E-state index is 11.8. The van der Waals surface area contributed by atoms with Gasteiger partial charge >= 0.3 is 5.97 Å². The summed E-state index contributed by atoms with van der Waals surface area (Å²) in [6.45, 7) is 4.37. The Bertz CT molecular complexity index is 550. The topological polar surface area (TPSA) is 78.1 Å². The average molecular weight is 249 g/mol. The smallest absolute Gasteiger partial charge is 0.362 e. The summed E-state index contributed by atoms with van der Waals surface area (Å²) in [5, 5.41) is 3.67. The molecule has 0 aliphatic rings. The zero-order valence-electron chi connectivity index (χ0n) is 10.5. The monoisotopic (exact) mass is 249 g/mol. The van der Waals surface area contributed by atoms with E-state index < -0.39 is 5.97 Å². The van der Waals surface area contributed by atoms with Gasteiger partial charge in [0.2, 0.25) is 5.69 Å². The first-order valence-corrected chi connectivity index (χ1v) is 6.04. The van der Waals surface area contributed by atoms with Crippen molar-refractivity contribution in [3.05, 3.63) is 17.6 Å². The first-order valence-electron chi connectivity index (χ1n) is 6.04. The van der Waals surface area contributed by atoms with Gasteiger partial charge in [-0.15, -0.1) is 0 Å². The molecular weight excluding hydrogens is 234 g/mol. The fourth-order valence-electron chi connectivity index (χ4n) is 1.45. The molecular formula is C12H15N3O3. The Kier molecular flexibility index (Phi) is 3.86. The van der Waals surface area contributed by atoms with Crippen LogP contribution in [0.15, 0.2) is 10.7 Å². The van der Waals surface area contributed by atoms with Gasteiger partial charge in [-0.05, 0) is 12.8 Å². The predicted molar refractivity (Wildman–Crippen MR) is 64.2 cm³/mol. The van der Waals surface area contributed by atoms with E-state index in [1.807, 2.05) is 13.8 Å². The van der Waals surface area contributed by atoms with Crippen LogP contribution in [0.2, 0.25) is 0 Å². The number of ether oxygens (including phenoxy) is 1. The van der Waals surface area contributed by atoms with Gasteiger partial charge in [0.15, 0.2) is 5.52 Å². The lowest BCUT2D eigenvalue weighted by molar-refractivity contribution is 0.0490. The third-order valence-electron chi connectivity index (χ3n) is 2.52. The van der Waals surface area contributed by atoms with Crippen LogP contribution in [0.3, 0.4) is 0 Å². The Morgan fingerprint density at radius 3 is 3.00 bits per heavy atom. The highest BCUT2D eigenvalue weighted by molar-refractivity contribution is 5.98. The number of hydrogen-bond acceptors (Lipinski definition) is 6. The van der Waals surface area contributed by atoms with Crippen molar-refractivity contribution in [1.82, 2.24) is 15.1 Å². The van der Waals surface area contributed by atoms with E-state index in [9.17, 15) is 4.79 Å². The second-order valence-corrected chi connectivity index (χ2v) is 3.89. The maximum absolute atomic E-state index is 11.8. The molecule has 96 valence electrons. The lowest BCUT2D eigenvalue weighted by atomic mass is 10.3. The van der Waals surface area contributed by atoms with Crippen LogP contribution in [0.5, 0.6) is 0 Å². The zero-order valence-corrected chi connectivity index (χ0v) is 10.5. The van der Waals surface area contributed by atoms with E-state index in [0.717, 1.165) is 25.0 Å². The molecule has 0 aromatic carbocycles. The van der Waals surface area contributed by atoms with Crippen LogP contribution in [-0.2, 0) is 11.2 Å². The minimum absolute atomic E-state index is 0.101. The molecule has 0 spiro atoms. The minimum Gasteiger partial charge on any atom is -0.461 e. The van der Waals surface area contributed by atoms with Crippen molar-refractivity contribution in [3.8, 4) is 0 Å². The third kappa shape index (κ3) is 2.47. The number of nitrogens with zero attached hydrogens (tertiary/aromatic N) is 3. The quantitative estimate of drug-likeness (QED) is 0.596. The number of esters is 1. The predicted octanol–water partition coefficient (Wildman–Crippen LogP) is 2.14. The van der Waals surface area contributed by atoms with Crippen LogP contribution in [0.25, 0.3) is 11.2 Å².